The summed E-state index contributed by atoms with van der Waals surface area (Å²) in [7, 11) is 0. The van der Waals surface area contributed by atoms with Gasteiger partial charge in [-0.15, -0.1) is 21.5 Å². The predicted molar refractivity (Wildman–Crippen MR) is 56.7 cm³/mol. The molecule has 0 bridgehead atoms. The Hall–Kier alpha value is -1.88. The van der Waals surface area contributed by atoms with Crippen LogP contribution in [0.1, 0.15) is 0 Å². The standard InChI is InChI=1S/C8H6O2.C2H2N2S/c1-2-4-8-7(3-1)9-5-6-10-8;1-3-4-2-5-1/h1-6H;1-2H. The average molecular weight is 220 g/mol. The van der Waals surface area contributed by atoms with Gasteiger partial charge in [0, 0.05) is 0 Å². The van der Waals surface area contributed by atoms with Crippen LogP contribution in [0.25, 0.3) is 0 Å². The van der Waals surface area contributed by atoms with E-state index in [-0.39, 0.29) is 0 Å². The lowest BCUT2D eigenvalue weighted by atomic mass is 10.3. The Morgan fingerprint density at radius 3 is 1.80 bits per heavy atom. The van der Waals surface area contributed by atoms with Crippen molar-refractivity contribution in [2.45, 2.75) is 0 Å². The maximum atomic E-state index is 5.12. The molecule has 0 saturated heterocycles. The summed E-state index contributed by atoms with van der Waals surface area (Å²) in [6, 6.07) is 7.53. The van der Waals surface area contributed by atoms with Gasteiger partial charge in [-0.3, -0.25) is 0 Å². The van der Waals surface area contributed by atoms with E-state index in [1.54, 1.807) is 11.0 Å². The predicted octanol–water partition coefficient (Wildman–Crippen LogP) is 2.47. The molecule has 1 aliphatic rings. The molecule has 0 unspecified atom stereocenters. The van der Waals surface area contributed by atoms with E-state index in [0.717, 1.165) is 11.5 Å². The Morgan fingerprint density at radius 1 is 0.867 bits per heavy atom. The maximum absolute atomic E-state index is 5.12. The van der Waals surface area contributed by atoms with Crippen molar-refractivity contribution in [2.75, 3.05) is 0 Å². The molecule has 4 nitrogen and oxygen atoms in total. The molecular weight excluding hydrogens is 212 g/mol. The van der Waals surface area contributed by atoms with Crippen LogP contribution >= 0.6 is 11.3 Å². The van der Waals surface area contributed by atoms with E-state index in [1.807, 2.05) is 24.3 Å². The van der Waals surface area contributed by atoms with Crippen molar-refractivity contribution < 1.29 is 9.47 Å². The van der Waals surface area contributed by atoms with E-state index in [0.29, 0.717) is 0 Å². The van der Waals surface area contributed by atoms with Crippen molar-refractivity contribution in [1.29, 1.82) is 0 Å². The van der Waals surface area contributed by atoms with Crippen LogP contribution in [0.4, 0.5) is 0 Å². The van der Waals surface area contributed by atoms with E-state index >= 15 is 0 Å². The average Bonchev–Trinajstić information content (AvgIpc) is 2.88. The number of aromatic nitrogens is 2. The first-order chi connectivity index (χ1) is 7.47. The number of para-hydroxylation sites is 2. The second kappa shape index (κ2) is 5.11. The SMILES string of the molecule is C1=COc2ccccc2O1.c1nncs1. The first-order valence-electron chi connectivity index (χ1n) is 4.23. The molecule has 0 N–H and O–H groups in total. The molecular formula is C10H8N2O2S. The monoisotopic (exact) mass is 220 g/mol. The smallest absolute Gasteiger partial charge is 0.169 e. The van der Waals surface area contributed by atoms with E-state index < -0.39 is 0 Å². The molecule has 0 saturated carbocycles. The van der Waals surface area contributed by atoms with Gasteiger partial charge in [0.2, 0.25) is 0 Å². The molecule has 0 aliphatic carbocycles. The van der Waals surface area contributed by atoms with Gasteiger partial charge in [0.05, 0.1) is 0 Å². The fourth-order valence-electron chi connectivity index (χ4n) is 0.983. The van der Waals surface area contributed by atoms with Gasteiger partial charge in [0.15, 0.2) is 11.5 Å². The van der Waals surface area contributed by atoms with Crippen molar-refractivity contribution in [3.05, 3.63) is 47.8 Å². The van der Waals surface area contributed by atoms with Crippen LogP contribution in [0.2, 0.25) is 0 Å². The van der Waals surface area contributed by atoms with Crippen molar-refractivity contribution in [1.82, 2.24) is 10.2 Å². The molecule has 2 aromatic rings. The van der Waals surface area contributed by atoms with Gasteiger partial charge in [-0.1, -0.05) is 12.1 Å². The number of hydrogen-bond donors (Lipinski definition) is 0. The van der Waals surface area contributed by atoms with Gasteiger partial charge in [0.1, 0.15) is 23.5 Å². The number of hydrogen-bond acceptors (Lipinski definition) is 5. The highest BCUT2D eigenvalue weighted by Gasteiger charge is 2.04. The topological polar surface area (TPSA) is 44.2 Å². The van der Waals surface area contributed by atoms with Crippen LogP contribution in [0, 0.1) is 0 Å². The van der Waals surface area contributed by atoms with Crippen molar-refractivity contribution in [3.63, 3.8) is 0 Å². The molecule has 76 valence electrons. The minimum Gasteiger partial charge on any atom is -0.458 e. The molecule has 3 rings (SSSR count). The van der Waals surface area contributed by atoms with Crippen LogP contribution < -0.4 is 9.47 Å². The summed E-state index contributed by atoms with van der Waals surface area (Å²) < 4.78 is 10.2. The summed E-state index contributed by atoms with van der Waals surface area (Å²) in [6.07, 6.45) is 3.03. The highest BCUT2D eigenvalue weighted by atomic mass is 32.1. The van der Waals surface area contributed by atoms with E-state index in [4.69, 9.17) is 9.47 Å². The fourth-order valence-corrected chi connectivity index (χ4v) is 1.26. The fraction of sp³-hybridized carbons (Fsp3) is 0. The van der Waals surface area contributed by atoms with Crippen LogP contribution in [0.15, 0.2) is 47.8 Å². The quantitative estimate of drug-likeness (QED) is 0.684. The van der Waals surface area contributed by atoms with E-state index in [9.17, 15) is 0 Å². The number of fused-ring (bicyclic) bond motifs is 1. The Kier molecular flexibility index (Phi) is 3.30. The highest BCUT2D eigenvalue weighted by molar-refractivity contribution is 7.07. The van der Waals surface area contributed by atoms with Crippen molar-refractivity contribution in [2.24, 2.45) is 0 Å². The van der Waals surface area contributed by atoms with Crippen molar-refractivity contribution in [3.8, 4) is 11.5 Å². The number of nitrogens with zero attached hydrogens (tertiary/aromatic N) is 2. The molecule has 1 aromatic carbocycles. The highest BCUT2D eigenvalue weighted by Crippen LogP contribution is 2.28. The Bertz CT molecular complexity index is 385. The first-order valence-corrected chi connectivity index (χ1v) is 5.17. The third kappa shape index (κ3) is 2.78. The molecule has 5 heteroatoms. The molecule has 0 spiro atoms. The summed E-state index contributed by atoms with van der Waals surface area (Å²) in [5, 5.41) is 6.98. The molecule has 1 aromatic heterocycles. The number of ether oxygens (including phenoxy) is 2. The summed E-state index contributed by atoms with van der Waals surface area (Å²) in [5.41, 5.74) is 3.36. The second-order valence-electron chi connectivity index (χ2n) is 2.53. The van der Waals surface area contributed by atoms with Gasteiger partial charge in [-0.25, -0.2) is 0 Å². The Morgan fingerprint density at radius 2 is 1.40 bits per heavy atom. The summed E-state index contributed by atoms with van der Waals surface area (Å²) in [4.78, 5) is 0. The van der Waals surface area contributed by atoms with E-state index in [2.05, 4.69) is 10.2 Å². The Balaban J connectivity index is 0.000000144. The largest absolute Gasteiger partial charge is 0.458 e. The van der Waals surface area contributed by atoms with Crippen molar-refractivity contribution >= 4 is 11.3 Å². The zero-order chi connectivity index (χ0) is 10.3. The molecule has 15 heavy (non-hydrogen) atoms. The molecule has 0 fully saturated rings. The van der Waals surface area contributed by atoms with Crippen LogP contribution in [-0.4, -0.2) is 10.2 Å². The second-order valence-corrected chi connectivity index (χ2v) is 3.23. The zero-order valence-corrected chi connectivity index (χ0v) is 8.55. The number of rotatable bonds is 0. The molecule has 0 amide bonds. The minimum absolute atomic E-state index is 0.769. The van der Waals surface area contributed by atoms with Crippen LogP contribution in [-0.2, 0) is 0 Å². The summed E-state index contributed by atoms with van der Waals surface area (Å²) >= 11 is 1.49. The van der Waals surface area contributed by atoms with Gasteiger partial charge in [-0.05, 0) is 12.1 Å². The summed E-state index contributed by atoms with van der Waals surface area (Å²) in [5.74, 6) is 1.54. The lowest BCUT2D eigenvalue weighted by Gasteiger charge is -2.10. The van der Waals surface area contributed by atoms with E-state index in [1.165, 1.54) is 23.9 Å². The lowest BCUT2D eigenvalue weighted by molar-refractivity contribution is 0.362. The number of benzene rings is 1. The molecule has 0 atom stereocenters. The van der Waals surface area contributed by atoms with Gasteiger partial charge < -0.3 is 9.47 Å². The summed E-state index contributed by atoms with van der Waals surface area (Å²) in [6.45, 7) is 0. The maximum Gasteiger partial charge on any atom is 0.169 e. The zero-order valence-electron chi connectivity index (χ0n) is 7.74. The van der Waals surface area contributed by atoms with Crippen LogP contribution in [0.3, 0.4) is 0 Å². The van der Waals surface area contributed by atoms with Gasteiger partial charge >= 0.3 is 0 Å². The molecule has 1 aliphatic heterocycles. The lowest BCUT2D eigenvalue weighted by Crippen LogP contribution is -1.94. The van der Waals surface area contributed by atoms with Gasteiger partial charge in [0.25, 0.3) is 0 Å². The van der Waals surface area contributed by atoms with Gasteiger partial charge in [-0.2, -0.15) is 0 Å². The molecule has 2 heterocycles. The first kappa shape index (κ1) is 9.67. The Labute approximate surface area is 90.8 Å². The molecule has 0 radical (unpaired) electrons. The third-order valence-corrected chi connectivity index (χ3v) is 2.01. The van der Waals surface area contributed by atoms with Crippen LogP contribution in [0.5, 0.6) is 11.5 Å². The minimum atomic E-state index is 0.769. The third-order valence-electron chi connectivity index (χ3n) is 1.58. The normalized spacial score (nSPS) is 11.5.